The Morgan fingerprint density at radius 1 is 0.652 bits per heavy atom. The van der Waals surface area contributed by atoms with Crippen LogP contribution in [0.25, 0.3) is 0 Å². The number of hydrogen-bond acceptors (Lipinski definition) is 2. The van der Waals surface area contributed by atoms with E-state index in [1.807, 2.05) is 0 Å². The van der Waals surface area contributed by atoms with Gasteiger partial charge in [-0.2, -0.15) is 10.2 Å². The minimum atomic E-state index is 1.05. The summed E-state index contributed by atoms with van der Waals surface area (Å²) in [6, 6.07) is 0. The highest BCUT2D eigenvalue weighted by Gasteiger charge is 2.09. The van der Waals surface area contributed by atoms with Crippen LogP contribution in [-0.2, 0) is 13.1 Å². The lowest BCUT2D eigenvalue weighted by molar-refractivity contribution is 0.493. The first-order valence-corrected chi connectivity index (χ1v) is 10.5. The van der Waals surface area contributed by atoms with Crippen molar-refractivity contribution < 1.29 is 0 Å². The van der Waals surface area contributed by atoms with Crippen LogP contribution < -0.4 is 0 Å². The summed E-state index contributed by atoms with van der Waals surface area (Å²) in [5.41, 5.74) is 4.93. The van der Waals surface area contributed by atoms with Crippen molar-refractivity contribution in [1.82, 2.24) is 19.6 Å². The Labute approximate surface area is 166 Å². The summed E-state index contributed by atoms with van der Waals surface area (Å²) < 4.78 is 6.94. The van der Waals surface area contributed by atoms with Crippen molar-refractivity contribution in [1.29, 1.82) is 0 Å². The molecule has 0 saturated carbocycles. The largest absolute Gasteiger partial charge is 0.269 e. The SMILES string of the molecule is Cc1nn(CCCCCCCn2nc(C)c(I)c2C)c(C)c1I. The topological polar surface area (TPSA) is 35.6 Å². The summed E-state index contributed by atoms with van der Waals surface area (Å²) in [7, 11) is 0. The van der Waals surface area contributed by atoms with Crippen LogP contribution in [-0.4, -0.2) is 19.6 Å². The zero-order chi connectivity index (χ0) is 17.0. The van der Waals surface area contributed by atoms with Gasteiger partial charge in [0.1, 0.15) is 0 Å². The first-order chi connectivity index (χ1) is 10.9. The van der Waals surface area contributed by atoms with Crippen LogP contribution in [0, 0.1) is 34.8 Å². The van der Waals surface area contributed by atoms with Crippen LogP contribution in [0.5, 0.6) is 0 Å². The Morgan fingerprint density at radius 3 is 1.30 bits per heavy atom. The van der Waals surface area contributed by atoms with E-state index in [9.17, 15) is 0 Å². The second-order valence-corrected chi connectivity index (χ2v) is 8.34. The van der Waals surface area contributed by atoms with Gasteiger partial charge in [0, 0.05) is 24.5 Å². The van der Waals surface area contributed by atoms with Gasteiger partial charge in [0.05, 0.1) is 18.5 Å². The first-order valence-electron chi connectivity index (χ1n) is 8.30. The van der Waals surface area contributed by atoms with E-state index in [0.29, 0.717) is 0 Å². The number of unbranched alkanes of at least 4 members (excludes halogenated alkanes) is 4. The molecular weight excluding hydrogens is 514 g/mol. The van der Waals surface area contributed by atoms with Gasteiger partial charge >= 0.3 is 0 Å². The molecule has 2 heterocycles. The molecule has 2 rings (SSSR count). The molecule has 23 heavy (non-hydrogen) atoms. The molecule has 0 fully saturated rings. The number of nitrogens with zero attached hydrogens (tertiary/aromatic N) is 4. The molecule has 0 unspecified atom stereocenters. The molecule has 0 amide bonds. The van der Waals surface area contributed by atoms with Crippen LogP contribution in [0.4, 0.5) is 0 Å². The second-order valence-electron chi connectivity index (χ2n) is 6.18. The normalized spacial score (nSPS) is 11.4. The average molecular weight is 540 g/mol. The molecule has 2 aromatic heterocycles. The number of hydrogen-bond donors (Lipinski definition) is 0. The van der Waals surface area contributed by atoms with Gasteiger partial charge in [-0.15, -0.1) is 0 Å². The average Bonchev–Trinajstić information content (AvgIpc) is 2.91. The third kappa shape index (κ3) is 4.93. The molecule has 0 radical (unpaired) electrons. The highest BCUT2D eigenvalue weighted by Crippen LogP contribution is 2.17. The Hall–Kier alpha value is -0.120. The Balaban J connectivity index is 1.62. The quantitative estimate of drug-likeness (QED) is 0.342. The van der Waals surface area contributed by atoms with E-state index in [2.05, 4.69) is 92.4 Å². The smallest absolute Gasteiger partial charge is 0.0729 e. The monoisotopic (exact) mass is 540 g/mol. The number of aryl methyl sites for hydroxylation is 4. The van der Waals surface area contributed by atoms with Gasteiger partial charge < -0.3 is 0 Å². The molecule has 0 spiro atoms. The van der Waals surface area contributed by atoms with Gasteiger partial charge in [-0.3, -0.25) is 9.36 Å². The van der Waals surface area contributed by atoms with Crippen LogP contribution >= 0.6 is 45.2 Å². The summed E-state index contributed by atoms with van der Waals surface area (Å²) in [5.74, 6) is 0. The van der Waals surface area contributed by atoms with E-state index >= 15 is 0 Å². The van der Waals surface area contributed by atoms with Gasteiger partial charge in [0.25, 0.3) is 0 Å². The van der Waals surface area contributed by atoms with Crippen molar-refractivity contribution in [3.8, 4) is 0 Å². The van der Waals surface area contributed by atoms with Gasteiger partial charge in [0.15, 0.2) is 0 Å². The van der Waals surface area contributed by atoms with Crippen LogP contribution in [0.15, 0.2) is 0 Å². The van der Waals surface area contributed by atoms with Crippen molar-refractivity contribution >= 4 is 45.2 Å². The lowest BCUT2D eigenvalue weighted by atomic mass is 10.1. The maximum Gasteiger partial charge on any atom is 0.0729 e. The Kier molecular flexibility index (Phi) is 7.37. The van der Waals surface area contributed by atoms with Crippen molar-refractivity contribution in [3.63, 3.8) is 0 Å². The summed E-state index contributed by atoms with van der Waals surface area (Å²) in [5, 5.41) is 9.20. The van der Waals surface area contributed by atoms with Gasteiger partial charge in [-0.1, -0.05) is 19.3 Å². The van der Waals surface area contributed by atoms with Gasteiger partial charge in [-0.05, 0) is 85.7 Å². The van der Waals surface area contributed by atoms with E-state index < -0.39 is 0 Å². The van der Waals surface area contributed by atoms with E-state index in [1.165, 1.54) is 50.6 Å². The summed E-state index contributed by atoms with van der Waals surface area (Å²) in [6.07, 6.45) is 6.30. The van der Waals surface area contributed by atoms with Crippen LogP contribution in [0.2, 0.25) is 0 Å². The second kappa shape index (κ2) is 8.82. The minimum absolute atomic E-state index is 1.05. The summed E-state index contributed by atoms with van der Waals surface area (Å²) in [4.78, 5) is 0. The van der Waals surface area contributed by atoms with Crippen molar-refractivity contribution in [2.45, 2.75) is 72.9 Å². The standard InChI is InChI=1S/C17H26I2N4/c1-12-16(18)14(3)22(20-12)10-8-6-5-7-9-11-23-15(4)17(19)13(2)21-23/h5-11H2,1-4H3. The fraction of sp³-hybridized carbons (Fsp3) is 0.647. The molecule has 128 valence electrons. The van der Waals surface area contributed by atoms with Crippen molar-refractivity contribution in [2.24, 2.45) is 0 Å². The molecule has 0 aliphatic carbocycles. The summed E-state index contributed by atoms with van der Waals surface area (Å²) in [6.45, 7) is 10.6. The number of rotatable bonds is 8. The number of aromatic nitrogens is 4. The fourth-order valence-corrected chi connectivity index (χ4v) is 3.61. The van der Waals surface area contributed by atoms with E-state index in [4.69, 9.17) is 0 Å². The third-order valence-corrected chi connectivity index (χ3v) is 7.45. The lowest BCUT2D eigenvalue weighted by Gasteiger charge is -2.06. The Morgan fingerprint density at radius 2 is 1.00 bits per heavy atom. The molecule has 0 aliphatic rings. The molecule has 4 nitrogen and oxygen atoms in total. The highest BCUT2D eigenvalue weighted by atomic mass is 127. The molecule has 0 aliphatic heterocycles. The lowest BCUT2D eigenvalue weighted by Crippen LogP contribution is -2.04. The zero-order valence-corrected chi connectivity index (χ0v) is 18.8. The first kappa shape index (κ1) is 19.2. The van der Waals surface area contributed by atoms with Crippen LogP contribution in [0.1, 0.15) is 54.9 Å². The molecular formula is C17H26I2N4. The number of halogens is 2. The fourth-order valence-electron chi connectivity index (χ4n) is 2.84. The highest BCUT2D eigenvalue weighted by molar-refractivity contribution is 14.1. The minimum Gasteiger partial charge on any atom is -0.269 e. The Bertz CT molecular complexity index is 602. The predicted molar refractivity (Wildman–Crippen MR) is 112 cm³/mol. The maximum atomic E-state index is 4.60. The molecule has 0 bridgehead atoms. The van der Waals surface area contributed by atoms with Crippen molar-refractivity contribution in [2.75, 3.05) is 0 Å². The summed E-state index contributed by atoms with van der Waals surface area (Å²) >= 11 is 4.78. The van der Waals surface area contributed by atoms with Gasteiger partial charge in [-0.25, -0.2) is 0 Å². The van der Waals surface area contributed by atoms with Crippen molar-refractivity contribution in [3.05, 3.63) is 29.9 Å². The maximum absolute atomic E-state index is 4.60. The molecule has 6 heteroatoms. The molecule has 0 N–H and O–H groups in total. The van der Waals surface area contributed by atoms with E-state index in [-0.39, 0.29) is 0 Å². The zero-order valence-electron chi connectivity index (χ0n) is 14.5. The van der Waals surface area contributed by atoms with E-state index in [0.717, 1.165) is 24.5 Å². The third-order valence-electron chi connectivity index (χ3n) is 4.33. The van der Waals surface area contributed by atoms with Gasteiger partial charge in [0.2, 0.25) is 0 Å². The van der Waals surface area contributed by atoms with E-state index in [1.54, 1.807) is 0 Å². The predicted octanol–water partition coefficient (Wildman–Crippen LogP) is 5.17. The molecule has 0 atom stereocenters. The van der Waals surface area contributed by atoms with Crippen LogP contribution in [0.3, 0.4) is 0 Å². The molecule has 2 aromatic rings. The molecule has 0 aromatic carbocycles. The molecule has 0 saturated heterocycles.